The molecule has 3 rings (SSSR count). The van der Waals surface area contributed by atoms with Crippen molar-refractivity contribution in [3.05, 3.63) is 40.9 Å². The fourth-order valence-electron chi connectivity index (χ4n) is 3.17. The highest BCUT2D eigenvalue weighted by atomic mass is 35.5. The van der Waals surface area contributed by atoms with Gasteiger partial charge in [-0.05, 0) is 30.2 Å². The summed E-state index contributed by atoms with van der Waals surface area (Å²) in [6.07, 6.45) is 0.516. The summed E-state index contributed by atoms with van der Waals surface area (Å²) in [5, 5.41) is 5.16. The Morgan fingerprint density at radius 3 is 2.64 bits per heavy atom. The number of sulfonamides is 1. The number of likely N-dealkylation sites (N-methyl/N-ethyl adjacent to an activating group) is 1. The average Bonchev–Trinajstić information content (AvgIpc) is 2.78. The molecule has 1 heterocycles. The molecule has 0 unspecified atom stereocenters. The van der Waals surface area contributed by atoms with Gasteiger partial charge in [-0.1, -0.05) is 17.7 Å². The molecular formula is C21H24ClN3O7S. The lowest BCUT2D eigenvalue weighted by Gasteiger charge is -2.22. The first-order valence-electron chi connectivity index (χ1n) is 9.86. The molecular weight excluding hydrogens is 474 g/mol. The van der Waals surface area contributed by atoms with Crippen molar-refractivity contribution in [3.63, 3.8) is 0 Å². The van der Waals surface area contributed by atoms with Crippen LogP contribution < -0.4 is 24.8 Å². The molecule has 12 heteroatoms. The molecule has 0 fully saturated rings. The molecule has 178 valence electrons. The van der Waals surface area contributed by atoms with Gasteiger partial charge in [-0.25, -0.2) is 8.42 Å². The van der Waals surface area contributed by atoms with Gasteiger partial charge in [-0.15, -0.1) is 0 Å². The van der Waals surface area contributed by atoms with Gasteiger partial charge in [0.25, 0.3) is 5.91 Å². The molecule has 2 amide bonds. The van der Waals surface area contributed by atoms with E-state index in [4.69, 9.17) is 25.8 Å². The second-order valence-corrected chi connectivity index (χ2v) is 9.59. The summed E-state index contributed by atoms with van der Waals surface area (Å²) in [4.78, 5) is 23.5. The lowest BCUT2D eigenvalue weighted by molar-refractivity contribution is -0.121. The highest BCUT2D eigenvalue weighted by Gasteiger charge is 2.28. The molecule has 0 aliphatic carbocycles. The second-order valence-electron chi connectivity index (χ2n) is 7.17. The van der Waals surface area contributed by atoms with E-state index in [1.54, 1.807) is 13.2 Å². The zero-order valence-corrected chi connectivity index (χ0v) is 19.9. The number of fused-ring (bicyclic) bond motifs is 1. The SMILES string of the molecule is COc1ccc(CCNC(=O)CN(C)S(=O)(=O)c2cc3c(cc2Cl)NC(=O)CO3)cc1OC. The van der Waals surface area contributed by atoms with Crippen LogP contribution >= 0.6 is 11.6 Å². The van der Waals surface area contributed by atoms with Crippen molar-refractivity contribution >= 4 is 39.1 Å². The highest BCUT2D eigenvalue weighted by molar-refractivity contribution is 7.89. The quantitative estimate of drug-likeness (QED) is 0.540. The minimum Gasteiger partial charge on any atom is -0.493 e. The van der Waals surface area contributed by atoms with Gasteiger partial charge in [0, 0.05) is 19.7 Å². The van der Waals surface area contributed by atoms with Gasteiger partial charge in [-0.3, -0.25) is 9.59 Å². The second kappa shape index (κ2) is 10.3. The van der Waals surface area contributed by atoms with Crippen LogP contribution in [0.5, 0.6) is 17.2 Å². The smallest absolute Gasteiger partial charge is 0.262 e. The van der Waals surface area contributed by atoms with Crippen molar-refractivity contribution < 1.29 is 32.2 Å². The normalized spacial score (nSPS) is 13.1. The Labute approximate surface area is 196 Å². The van der Waals surface area contributed by atoms with E-state index in [0.717, 1.165) is 9.87 Å². The van der Waals surface area contributed by atoms with Crippen LogP contribution in [0.25, 0.3) is 0 Å². The van der Waals surface area contributed by atoms with E-state index in [1.807, 2.05) is 12.1 Å². The molecule has 10 nitrogen and oxygen atoms in total. The van der Waals surface area contributed by atoms with Crippen LogP contribution in [0.2, 0.25) is 5.02 Å². The monoisotopic (exact) mass is 497 g/mol. The molecule has 0 radical (unpaired) electrons. The molecule has 33 heavy (non-hydrogen) atoms. The summed E-state index contributed by atoms with van der Waals surface area (Å²) in [7, 11) is 0.276. The van der Waals surface area contributed by atoms with E-state index >= 15 is 0 Å². The Balaban J connectivity index is 1.61. The number of ether oxygens (including phenoxy) is 3. The van der Waals surface area contributed by atoms with Gasteiger partial charge in [0.1, 0.15) is 10.6 Å². The number of hydrogen-bond acceptors (Lipinski definition) is 7. The first-order chi connectivity index (χ1) is 15.6. The molecule has 0 saturated heterocycles. The predicted molar refractivity (Wildman–Crippen MR) is 122 cm³/mol. The van der Waals surface area contributed by atoms with Crippen molar-refractivity contribution in [1.29, 1.82) is 0 Å². The number of benzene rings is 2. The van der Waals surface area contributed by atoms with Crippen LogP contribution in [0.4, 0.5) is 5.69 Å². The summed E-state index contributed by atoms with van der Waals surface area (Å²) in [6, 6.07) is 7.97. The Bertz CT molecular complexity index is 1170. The molecule has 1 aliphatic rings. The van der Waals surface area contributed by atoms with Crippen LogP contribution in [0.3, 0.4) is 0 Å². The molecule has 2 N–H and O–H groups in total. The van der Waals surface area contributed by atoms with Crippen LogP contribution in [0, 0.1) is 0 Å². The summed E-state index contributed by atoms with van der Waals surface area (Å²) in [5.74, 6) is 0.531. The molecule has 0 spiro atoms. The number of nitrogens with zero attached hydrogens (tertiary/aromatic N) is 1. The van der Waals surface area contributed by atoms with Crippen molar-refractivity contribution in [1.82, 2.24) is 9.62 Å². The van der Waals surface area contributed by atoms with Crippen LogP contribution in [-0.4, -0.2) is 65.5 Å². The zero-order valence-electron chi connectivity index (χ0n) is 18.3. The van der Waals surface area contributed by atoms with Gasteiger partial charge in [0.15, 0.2) is 18.1 Å². The highest BCUT2D eigenvalue weighted by Crippen LogP contribution is 2.36. The van der Waals surface area contributed by atoms with Crippen LogP contribution in [0.15, 0.2) is 35.2 Å². The average molecular weight is 498 g/mol. The zero-order chi connectivity index (χ0) is 24.2. The lowest BCUT2D eigenvalue weighted by atomic mass is 10.1. The standard InChI is InChI=1S/C21H24ClN3O7S/c1-25(11-20(26)23-7-6-13-4-5-16(30-2)18(8-13)31-3)33(28,29)19-10-17-15(9-14(19)22)24-21(27)12-32-17/h4-5,8-10H,6-7,11-12H2,1-3H3,(H,23,26)(H,24,27). The molecule has 0 bridgehead atoms. The number of amides is 2. The van der Waals surface area contributed by atoms with Crippen molar-refractivity contribution in [2.75, 3.05) is 46.3 Å². The maximum atomic E-state index is 13.0. The van der Waals surface area contributed by atoms with Crippen molar-refractivity contribution in [2.24, 2.45) is 0 Å². The van der Waals surface area contributed by atoms with E-state index in [9.17, 15) is 18.0 Å². The number of carbonyl (C=O) groups excluding carboxylic acids is 2. The van der Waals surface area contributed by atoms with E-state index < -0.39 is 22.5 Å². The first-order valence-corrected chi connectivity index (χ1v) is 11.7. The first kappa shape index (κ1) is 24.6. The topological polar surface area (TPSA) is 123 Å². The maximum Gasteiger partial charge on any atom is 0.262 e. The van der Waals surface area contributed by atoms with E-state index in [0.29, 0.717) is 24.5 Å². The molecule has 0 aromatic heterocycles. The van der Waals surface area contributed by atoms with Gasteiger partial charge >= 0.3 is 0 Å². The number of methoxy groups -OCH3 is 2. The third-order valence-corrected chi connectivity index (χ3v) is 7.17. The lowest BCUT2D eigenvalue weighted by Crippen LogP contribution is -2.39. The number of rotatable bonds is 9. The predicted octanol–water partition coefficient (Wildman–Crippen LogP) is 1.67. The number of halogens is 1. The van der Waals surface area contributed by atoms with Gasteiger partial charge in [0.05, 0.1) is 31.5 Å². The number of anilines is 1. The van der Waals surface area contributed by atoms with Crippen molar-refractivity contribution in [2.45, 2.75) is 11.3 Å². The molecule has 2 aromatic carbocycles. The summed E-state index contributed by atoms with van der Waals surface area (Å²) >= 11 is 6.14. The molecule has 1 aliphatic heterocycles. The largest absolute Gasteiger partial charge is 0.493 e. The minimum absolute atomic E-state index is 0.0970. The third kappa shape index (κ3) is 5.67. The van der Waals surface area contributed by atoms with Gasteiger partial charge < -0.3 is 24.8 Å². The fourth-order valence-corrected chi connectivity index (χ4v) is 4.81. The van der Waals surface area contributed by atoms with Gasteiger partial charge in [0.2, 0.25) is 15.9 Å². The number of carbonyl (C=O) groups is 2. The molecule has 0 saturated carbocycles. The van der Waals surface area contributed by atoms with Crippen LogP contribution in [0.1, 0.15) is 5.56 Å². The summed E-state index contributed by atoms with van der Waals surface area (Å²) in [6.45, 7) is -0.332. The van der Waals surface area contributed by atoms with Crippen molar-refractivity contribution in [3.8, 4) is 17.2 Å². The maximum absolute atomic E-state index is 13.0. The molecule has 2 aromatic rings. The Kier molecular flexibility index (Phi) is 7.67. The number of hydrogen-bond donors (Lipinski definition) is 2. The Morgan fingerprint density at radius 1 is 1.21 bits per heavy atom. The fraction of sp³-hybridized carbons (Fsp3) is 0.333. The third-order valence-electron chi connectivity index (χ3n) is 4.91. The Morgan fingerprint density at radius 2 is 1.94 bits per heavy atom. The number of nitrogens with one attached hydrogen (secondary N) is 2. The summed E-state index contributed by atoms with van der Waals surface area (Å²) in [5.41, 5.74) is 1.20. The summed E-state index contributed by atoms with van der Waals surface area (Å²) < 4.78 is 42.5. The van der Waals surface area contributed by atoms with E-state index in [-0.39, 0.29) is 33.9 Å². The molecule has 0 atom stereocenters. The van der Waals surface area contributed by atoms with Crippen LogP contribution in [-0.2, 0) is 26.0 Å². The van der Waals surface area contributed by atoms with Gasteiger partial charge in [-0.2, -0.15) is 4.31 Å². The van der Waals surface area contributed by atoms with E-state index in [2.05, 4.69) is 10.6 Å². The van der Waals surface area contributed by atoms with E-state index in [1.165, 1.54) is 26.3 Å². The Hall–Kier alpha value is -3.02. The minimum atomic E-state index is -4.09.